The molecule has 2 aromatic heterocycles. The van der Waals surface area contributed by atoms with Crippen molar-refractivity contribution < 1.29 is 17.6 Å². The number of hydrogen-bond acceptors (Lipinski definition) is 7. The van der Waals surface area contributed by atoms with Crippen molar-refractivity contribution in [3.05, 3.63) is 58.1 Å². The van der Waals surface area contributed by atoms with Crippen LogP contribution < -0.4 is 5.32 Å². The highest BCUT2D eigenvalue weighted by Crippen LogP contribution is 2.23. The van der Waals surface area contributed by atoms with Gasteiger partial charge in [-0.2, -0.15) is 0 Å². The van der Waals surface area contributed by atoms with E-state index >= 15 is 0 Å². The predicted molar refractivity (Wildman–Crippen MR) is 103 cm³/mol. The Labute approximate surface area is 161 Å². The lowest BCUT2D eigenvalue weighted by Crippen LogP contribution is -2.27. The number of carbonyl (C=O) groups excluding carboxylic acids is 1. The number of amides is 1. The molecule has 1 unspecified atom stereocenters. The highest BCUT2D eigenvalue weighted by Gasteiger charge is 2.17. The van der Waals surface area contributed by atoms with Gasteiger partial charge in [-0.05, 0) is 36.1 Å². The normalized spacial score (nSPS) is 12.7. The molecule has 0 bridgehead atoms. The molecule has 2 heterocycles. The van der Waals surface area contributed by atoms with Crippen LogP contribution in [0.1, 0.15) is 40.5 Å². The van der Waals surface area contributed by atoms with Crippen molar-refractivity contribution in [1.82, 2.24) is 15.5 Å². The van der Waals surface area contributed by atoms with Crippen molar-refractivity contribution in [3.8, 4) is 11.5 Å². The molecule has 0 saturated heterocycles. The molecule has 1 atom stereocenters. The average molecular weight is 406 g/mol. The first-order valence-electron chi connectivity index (χ1n) is 8.30. The number of hydrogen-bond donors (Lipinski definition) is 1. The van der Waals surface area contributed by atoms with E-state index in [1.807, 2.05) is 24.4 Å². The van der Waals surface area contributed by atoms with Gasteiger partial charge in [0.2, 0.25) is 11.8 Å². The predicted octanol–water partition coefficient (Wildman–Crippen LogP) is 3.22. The van der Waals surface area contributed by atoms with Crippen LogP contribution in [0.3, 0.4) is 0 Å². The van der Waals surface area contributed by atoms with E-state index in [1.165, 1.54) is 0 Å². The maximum Gasteiger partial charge on any atom is 0.251 e. The molecule has 0 spiro atoms. The van der Waals surface area contributed by atoms with Crippen molar-refractivity contribution in [2.24, 2.45) is 0 Å². The maximum absolute atomic E-state index is 12.6. The molecular formula is C18H19N3O4S2. The average Bonchev–Trinajstić information content (AvgIpc) is 3.30. The Kier molecular flexibility index (Phi) is 5.71. The van der Waals surface area contributed by atoms with Crippen molar-refractivity contribution >= 4 is 27.1 Å². The number of thiophene rings is 1. The molecule has 27 heavy (non-hydrogen) atoms. The molecule has 0 radical (unpaired) electrons. The van der Waals surface area contributed by atoms with Gasteiger partial charge in [0.15, 0.2) is 9.84 Å². The molecule has 1 amide bonds. The molecule has 3 aromatic rings. The van der Waals surface area contributed by atoms with E-state index in [9.17, 15) is 13.2 Å². The largest absolute Gasteiger partial charge is 0.420 e. The first-order valence-corrected chi connectivity index (χ1v) is 11.2. The van der Waals surface area contributed by atoms with Crippen molar-refractivity contribution in [1.29, 1.82) is 0 Å². The lowest BCUT2D eigenvalue weighted by molar-refractivity contribution is 0.0936. The Morgan fingerprint density at radius 3 is 2.74 bits per heavy atom. The van der Waals surface area contributed by atoms with Crippen LogP contribution in [0.2, 0.25) is 0 Å². The number of aromatic nitrogens is 2. The summed E-state index contributed by atoms with van der Waals surface area (Å²) >= 11 is 1.60. The van der Waals surface area contributed by atoms with E-state index in [2.05, 4.69) is 15.5 Å². The van der Waals surface area contributed by atoms with Crippen LogP contribution in [0.5, 0.6) is 0 Å². The van der Waals surface area contributed by atoms with Crippen LogP contribution in [0.25, 0.3) is 11.5 Å². The lowest BCUT2D eigenvalue weighted by Gasteiger charge is -2.15. The minimum atomic E-state index is -3.26. The molecule has 3 rings (SSSR count). The van der Waals surface area contributed by atoms with E-state index in [1.54, 1.807) is 35.6 Å². The molecule has 0 aliphatic heterocycles. The fourth-order valence-corrected chi connectivity index (χ4v) is 3.98. The summed E-state index contributed by atoms with van der Waals surface area (Å²) in [6.07, 6.45) is 1.88. The summed E-state index contributed by atoms with van der Waals surface area (Å²) in [6.45, 7) is 2.02. The van der Waals surface area contributed by atoms with Crippen molar-refractivity contribution in [2.75, 3.05) is 6.26 Å². The van der Waals surface area contributed by atoms with Gasteiger partial charge >= 0.3 is 0 Å². The van der Waals surface area contributed by atoms with E-state index in [0.29, 0.717) is 11.1 Å². The molecule has 142 valence electrons. The number of benzene rings is 1. The summed E-state index contributed by atoms with van der Waals surface area (Å²) in [5.41, 5.74) is 1.02. The first kappa shape index (κ1) is 19.2. The topological polar surface area (TPSA) is 102 Å². The number of nitrogens with one attached hydrogen (secondary N) is 1. The second-order valence-corrected chi connectivity index (χ2v) is 9.22. The standard InChI is InChI=1S/C18H19N3O4S2/c1-3-14(15-8-5-9-26-15)19-17(22)12-6-4-7-13(10-12)18-21-20-16(25-18)11-27(2,23)24/h4-10,14H,3,11H2,1-2H3,(H,19,22). The second kappa shape index (κ2) is 8.01. The zero-order valence-electron chi connectivity index (χ0n) is 14.9. The molecular weight excluding hydrogens is 386 g/mol. The summed E-state index contributed by atoms with van der Waals surface area (Å²) in [7, 11) is -3.26. The molecule has 0 fully saturated rings. The third-order valence-electron chi connectivity index (χ3n) is 3.82. The van der Waals surface area contributed by atoms with Gasteiger partial charge in [-0.3, -0.25) is 4.79 Å². The summed E-state index contributed by atoms with van der Waals surface area (Å²) in [4.78, 5) is 13.7. The van der Waals surface area contributed by atoms with E-state index < -0.39 is 9.84 Å². The molecule has 0 aliphatic rings. The third kappa shape index (κ3) is 5.01. The van der Waals surface area contributed by atoms with E-state index in [-0.39, 0.29) is 29.5 Å². The third-order valence-corrected chi connectivity index (χ3v) is 5.58. The zero-order chi connectivity index (χ0) is 19.4. The SMILES string of the molecule is CCC(NC(=O)c1cccc(-c2nnc(CS(C)(=O)=O)o2)c1)c1cccs1. The van der Waals surface area contributed by atoms with Gasteiger partial charge < -0.3 is 9.73 Å². The Balaban J connectivity index is 1.78. The van der Waals surface area contributed by atoms with Crippen LogP contribution in [0, 0.1) is 0 Å². The second-order valence-electron chi connectivity index (χ2n) is 6.10. The van der Waals surface area contributed by atoms with Crippen LogP contribution in [-0.2, 0) is 15.6 Å². The summed E-state index contributed by atoms with van der Waals surface area (Å²) < 4.78 is 28.1. The van der Waals surface area contributed by atoms with Crippen molar-refractivity contribution in [2.45, 2.75) is 25.1 Å². The van der Waals surface area contributed by atoms with E-state index in [0.717, 1.165) is 17.6 Å². The zero-order valence-corrected chi connectivity index (χ0v) is 16.5. The fraction of sp³-hybridized carbons (Fsp3) is 0.278. The smallest absolute Gasteiger partial charge is 0.251 e. The van der Waals surface area contributed by atoms with Crippen LogP contribution in [0.15, 0.2) is 46.2 Å². The number of carbonyl (C=O) groups is 1. The quantitative estimate of drug-likeness (QED) is 0.647. The number of sulfone groups is 1. The minimum Gasteiger partial charge on any atom is -0.420 e. The van der Waals surface area contributed by atoms with Gasteiger partial charge in [0.05, 0.1) is 6.04 Å². The van der Waals surface area contributed by atoms with Crippen LogP contribution in [0.4, 0.5) is 0 Å². The van der Waals surface area contributed by atoms with Crippen molar-refractivity contribution in [3.63, 3.8) is 0 Å². The first-order chi connectivity index (χ1) is 12.9. The summed E-state index contributed by atoms with van der Waals surface area (Å²) in [6, 6.07) is 10.7. The fourth-order valence-electron chi connectivity index (χ4n) is 2.55. The maximum atomic E-state index is 12.6. The van der Waals surface area contributed by atoms with Crippen LogP contribution >= 0.6 is 11.3 Å². The Morgan fingerprint density at radius 1 is 1.26 bits per heavy atom. The minimum absolute atomic E-state index is 0.0195. The summed E-state index contributed by atoms with van der Waals surface area (Å²) in [5, 5.41) is 12.6. The molecule has 7 nitrogen and oxygen atoms in total. The number of rotatable bonds is 7. The van der Waals surface area contributed by atoms with Gasteiger partial charge in [0, 0.05) is 22.3 Å². The summed E-state index contributed by atoms with van der Waals surface area (Å²) in [5.74, 6) is -0.327. The molecule has 1 aromatic carbocycles. The number of nitrogens with zero attached hydrogens (tertiary/aromatic N) is 2. The molecule has 1 N–H and O–H groups in total. The monoisotopic (exact) mass is 405 g/mol. The molecule has 0 saturated carbocycles. The van der Waals surface area contributed by atoms with Crippen LogP contribution in [-0.4, -0.2) is 30.8 Å². The van der Waals surface area contributed by atoms with Gasteiger partial charge in [-0.15, -0.1) is 21.5 Å². The molecule has 0 aliphatic carbocycles. The van der Waals surface area contributed by atoms with E-state index in [4.69, 9.17) is 4.42 Å². The Hall–Kier alpha value is -2.52. The lowest BCUT2D eigenvalue weighted by atomic mass is 10.1. The highest BCUT2D eigenvalue weighted by atomic mass is 32.2. The Morgan fingerprint density at radius 2 is 2.07 bits per heavy atom. The Bertz CT molecular complexity index is 1030. The highest BCUT2D eigenvalue weighted by molar-refractivity contribution is 7.89. The van der Waals surface area contributed by atoms with Gasteiger partial charge in [-0.1, -0.05) is 19.1 Å². The van der Waals surface area contributed by atoms with Gasteiger partial charge in [0.25, 0.3) is 5.91 Å². The molecule has 9 heteroatoms. The van der Waals surface area contributed by atoms with Gasteiger partial charge in [0.1, 0.15) is 5.75 Å². The van der Waals surface area contributed by atoms with Gasteiger partial charge in [-0.25, -0.2) is 8.42 Å².